The lowest BCUT2D eigenvalue weighted by atomic mass is 10.1. The second-order valence-corrected chi connectivity index (χ2v) is 21.4. The molecule has 0 radical (unpaired) electrons. The number of thioether (sulfide) groups is 4. The summed E-state index contributed by atoms with van der Waals surface area (Å²) in [6.45, 7) is 1.77. The zero-order chi connectivity index (χ0) is 51.0. The predicted octanol–water partition coefficient (Wildman–Crippen LogP) is 15.0. The SMILES string of the molecule is Cc1c(F)c(F)c(O)c(F)c1F.Cc1c(F)c(F)c(OC(=O)CCSC2Sc3ccccc3-c3c2c2ccccc2n3C)c(F)c1F.Cn1c2c(c3ccccc31)C(SCCC(=O)O)Sc1ccccc1-2. The van der Waals surface area contributed by atoms with Gasteiger partial charge in [-0.25, -0.2) is 17.6 Å². The number of rotatable bonds is 9. The van der Waals surface area contributed by atoms with Crippen LogP contribution in [0.2, 0.25) is 0 Å². The molecule has 2 aromatic heterocycles. The number of halogens is 8. The van der Waals surface area contributed by atoms with Crippen molar-refractivity contribution in [2.75, 3.05) is 11.5 Å². The van der Waals surface area contributed by atoms with Gasteiger partial charge in [-0.15, -0.1) is 47.0 Å². The van der Waals surface area contributed by atoms with Crippen LogP contribution in [0.25, 0.3) is 44.3 Å². The number of phenolic OH excluding ortho intramolecular Hbond substituents is 1. The summed E-state index contributed by atoms with van der Waals surface area (Å²) in [5.41, 5.74) is 7.96. The molecule has 4 heterocycles. The normalized spacial score (nSPS) is 14.4. The molecule has 19 heteroatoms. The third kappa shape index (κ3) is 9.85. The third-order valence-electron chi connectivity index (χ3n) is 11.8. The Morgan fingerprint density at radius 3 is 1.38 bits per heavy atom. The highest BCUT2D eigenvalue weighted by Crippen LogP contribution is 2.58. The van der Waals surface area contributed by atoms with Crippen molar-refractivity contribution in [3.05, 3.63) is 166 Å². The van der Waals surface area contributed by atoms with Crippen LogP contribution in [-0.2, 0) is 23.7 Å². The number of nitrogens with zero attached hydrogens (tertiary/aromatic N) is 2. The standard InChI is InChI=1S/C26H19F4NO2S2.C19H17NO2S2.C7H4F4O/c1-13-20(27)22(29)25(23(30)21(13)28)33-18(32)11-12-34-26-19-14-7-3-5-9-16(14)31(2)24(19)15-8-4-6-10-17(15)35-26;1-20-14-8-4-2-6-12(14)17-18(20)13-7-3-5-9-15(13)24-19(17)23-11-10-16(21)22;1-2-3(8)5(10)7(12)6(11)4(2)9/h3-10,26H,11-12H2,1-2H3;2-9,19H,10-11H2,1H3,(H,21,22);12H,1H3. The number of benzene rings is 6. The van der Waals surface area contributed by atoms with Gasteiger partial charge >= 0.3 is 11.9 Å². The highest BCUT2D eigenvalue weighted by atomic mass is 32.2. The van der Waals surface area contributed by atoms with Gasteiger partial charge in [-0.2, -0.15) is 17.6 Å². The van der Waals surface area contributed by atoms with Crippen LogP contribution in [0.3, 0.4) is 0 Å². The van der Waals surface area contributed by atoms with E-state index in [9.17, 15) is 44.7 Å². The molecular weight excluding hydrogens is 1010 g/mol. The first kappa shape index (κ1) is 51.3. The summed E-state index contributed by atoms with van der Waals surface area (Å²) in [5, 5.41) is 19.8. The van der Waals surface area contributed by atoms with E-state index in [-0.39, 0.29) is 27.8 Å². The van der Waals surface area contributed by atoms with Crippen molar-refractivity contribution in [1.29, 1.82) is 0 Å². The molecule has 368 valence electrons. The number of para-hydroxylation sites is 2. The molecule has 2 atom stereocenters. The minimum atomic E-state index is -1.77. The van der Waals surface area contributed by atoms with Gasteiger partial charge in [-0.05, 0) is 38.1 Å². The number of carbonyl (C=O) groups excluding carboxylic acids is 1. The fraction of sp³-hybridized carbons (Fsp3) is 0.192. The Morgan fingerprint density at radius 2 is 0.944 bits per heavy atom. The van der Waals surface area contributed by atoms with E-state index in [1.54, 1.807) is 23.5 Å². The molecule has 2 aliphatic heterocycles. The number of carboxylic acid groups (broad SMARTS) is 1. The number of hydrogen-bond acceptors (Lipinski definition) is 8. The number of ether oxygens (including phenoxy) is 1. The Kier molecular flexibility index (Phi) is 15.5. The van der Waals surface area contributed by atoms with Crippen LogP contribution < -0.4 is 4.74 Å². The largest absolute Gasteiger partial charge is 0.503 e. The number of phenols is 1. The quantitative estimate of drug-likeness (QED) is 0.0634. The summed E-state index contributed by atoms with van der Waals surface area (Å²) < 4.78 is 115. The van der Waals surface area contributed by atoms with E-state index in [4.69, 9.17) is 10.2 Å². The van der Waals surface area contributed by atoms with Gasteiger partial charge in [0, 0.05) is 90.6 Å². The van der Waals surface area contributed by atoms with Gasteiger partial charge in [-0.3, -0.25) is 9.59 Å². The number of aromatic hydroxyl groups is 1. The number of aliphatic carboxylic acids is 1. The van der Waals surface area contributed by atoms with E-state index in [0.29, 0.717) is 5.75 Å². The summed E-state index contributed by atoms with van der Waals surface area (Å²) >= 11 is 6.74. The summed E-state index contributed by atoms with van der Waals surface area (Å²) in [7, 11) is 4.14. The Hall–Kier alpha value is -6.02. The molecule has 71 heavy (non-hydrogen) atoms. The van der Waals surface area contributed by atoms with Crippen molar-refractivity contribution in [3.63, 3.8) is 0 Å². The number of carboxylic acids is 1. The minimum Gasteiger partial charge on any atom is -0.503 e. The molecule has 0 saturated heterocycles. The van der Waals surface area contributed by atoms with E-state index >= 15 is 0 Å². The summed E-state index contributed by atoms with van der Waals surface area (Å²) in [6.07, 6.45) is 0.00292. The minimum absolute atomic E-state index is 0.0402. The molecule has 0 fully saturated rings. The van der Waals surface area contributed by atoms with Crippen molar-refractivity contribution in [3.8, 4) is 34.0 Å². The lowest BCUT2D eigenvalue weighted by Crippen LogP contribution is -2.14. The third-order valence-corrected chi connectivity index (χ3v) is 17.3. The molecule has 0 aliphatic carbocycles. The lowest BCUT2D eigenvalue weighted by Gasteiger charge is -2.25. The van der Waals surface area contributed by atoms with Crippen LogP contribution in [0.15, 0.2) is 107 Å². The van der Waals surface area contributed by atoms with Gasteiger partial charge in [0.15, 0.2) is 29.0 Å². The summed E-state index contributed by atoms with van der Waals surface area (Å²) in [6, 6.07) is 33.2. The first-order valence-electron chi connectivity index (χ1n) is 21.6. The molecule has 0 saturated carbocycles. The van der Waals surface area contributed by atoms with E-state index in [1.165, 1.54) is 44.4 Å². The lowest BCUT2D eigenvalue weighted by molar-refractivity contribution is -0.136. The first-order chi connectivity index (χ1) is 33.9. The van der Waals surface area contributed by atoms with Gasteiger partial charge in [0.05, 0.1) is 33.4 Å². The highest BCUT2D eigenvalue weighted by molar-refractivity contribution is 8.17. The number of aromatic nitrogens is 2. The van der Waals surface area contributed by atoms with Gasteiger partial charge in [0.25, 0.3) is 0 Å². The van der Waals surface area contributed by atoms with Gasteiger partial charge in [-0.1, -0.05) is 72.8 Å². The van der Waals surface area contributed by atoms with Crippen molar-refractivity contribution in [2.45, 2.75) is 45.6 Å². The molecule has 2 aliphatic rings. The van der Waals surface area contributed by atoms with Crippen LogP contribution in [0.4, 0.5) is 35.1 Å². The molecule has 0 spiro atoms. The number of carbonyl (C=O) groups is 2. The fourth-order valence-electron chi connectivity index (χ4n) is 8.30. The number of esters is 1. The monoisotopic (exact) mass is 1050 g/mol. The van der Waals surface area contributed by atoms with Crippen molar-refractivity contribution in [1.82, 2.24) is 9.13 Å². The highest BCUT2D eigenvalue weighted by Gasteiger charge is 2.33. The number of hydrogen-bond donors (Lipinski definition) is 2. The average Bonchev–Trinajstić information content (AvgIpc) is 3.85. The molecule has 0 amide bonds. The fourth-order valence-corrected chi connectivity index (χ4v) is 13.9. The molecule has 2 N–H and O–H groups in total. The van der Waals surface area contributed by atoms with Gasteiger partial charge in [0.1, 0.15) is 0 Å². The number of aryl methyl sites for hydroxylation is 2. The van der Waals surface area contributed by atoms with Crippen molar-refractivity contribution >= 4 is 80.8 Å². The molecule has 0 bridgehead atoms. The smallest absolute Gasteiger partial charge is 0.312 e. The molecular formula is C52H40F8N2O5S4. The maximum atomic E-state index is 14.1. The van der Waals surface area contributed by atoms with Crippen LogP contribution in [0.1, 0.15) is 44.3 Å². The van der Waals surface area contributed by atoms with E-state index < -0.39 is 81.1 Å². The zero-order valence-corrected chi connectivity index (χ0v) is 41.2. The van der Waals surface area contributed by atoms with Crippen LogP contribution in [0.5, 0.6) is 11.5 Å². The average molecular weight is 1050 g/mol. The van der Waals surface area contributed by atoms with Crippen molar-refractivity contribution < 1.29 is 59.7 Å². The Labute approximate surface area is 418 Å². The summed E-state index contributed by atoms with van der Waals surface area (Å²) in [4.78, 5) is 25.6. The van der Waals surface area contributed by atoms with Crippen molar-refractivity contribution in [2.24, 2.45) is 14.1 Å². The van der Waals surface area contributed by atoms with E-state index in [1.807, 2.05) is 43.1 Å². The molecule has 7 nitrogen and oxygen atoms in total. The van der Waals surface area contributed by atoms with Crippen LogP contribution >= 0.6 is 47.0 Å². The second kappa shape index (κ2) is 21.4. The van der Waals surface area contributed by atoms with E-state index in [2.05, 4.69) is 93.7 Å². The second-order valence-electron chi connectivity index (χ2n) is 16.1. The number of fused-ring (bicyclic) bond motifs is 10. The molecule has 6 aromatic carbocycles. The summed E-state index contributed by atoms with van der Waals surface area (Å²) in [5.74, 6) is -17.1. The maximum Gasteiger partial charge on any atom is 0.312 e. The molecule has 10 rings (SSSR count). The molecule has 2 unspecified atom stereocenters. The Bertz CT molecular complexity index is 3270. The zero-order valence-electron chi connectivity index (χ0n) is 37.9. The first-order valence-corrected chi connectivity index (χ1v) is 25.4. The molecule has 8 aromatic rings. The topological polar surface area (TPSA) is 93.7 Å². The predicted molar refractivity (Wildman–Crippen MR) is 265 cm³/mol. The van der Waals surface area contributed by atoms with Crippen LogP contribution in [-0.4, -0.2) is 42.8 Å². The van der Waals surface area contributed by atoms with Gasteiger partial charge < -0.3 is 24.1 Å². The maximum absolute atomic E-state index is 14.1. The van der Waals surface area contributed by atoms with Crippen LogP contribution in [0, 0.1) is 60.4 Å². The van der Waals surface area contributed by atoms with Gasteiger partial charge in [0.2, 0.25) is 29.0 Å². The Morgan fingerprint density at radius 1 is 0.563 bits per heavy atom. The Balaban J connectivity index is 0.000000161. The van der Waals surface area contributed by atoms with E-state index in [0.717, 1.165) is 46.5 Å².